The summed E-state index contributed by atoms with van der Waals surface area (Å²) < 4.78 is 5.21. The van der Waals surface area contributed by atoms with Crippen LogP contribution in [0.15, 0.2) is 24.3 Å². The summed E-state index contributed by atoms with van der Waals surface area (Å²) in [5.41, 5.74) is 3.30. The molecule has 1 saturated heterocycles. The van der Waals surface area contributed by atoms with Crippen molar-refractivity contribution in [1.82, 2.24) is 19.8 Å². The Labute approximate surface area is 184 Å². The Morgan fingerprint density at radius 1 is 1.19 bits per heavy atom. The van der Waals surface area contributed by atoms with E-state index in [4.69, 9.17) is 14.7 Å². The highest BCUT2D eigenvalue weighted by atomic mass is 16.5. The number of fused-ring (bicyclic) bond motifs is 1. The molecule has 3 heterocycles. The second-order valence-corrected chi connectivity index (χ2v) is 8.51. The van der Waals surface area contributed by atoms with Crippen LogP contribution in [0.5, 0.6) is 5.75 Å². The number of aromatic nitrogens is 2. The van der Waals surface area contributed by atoms with Crippen molar-refractivity contribution in [2.75, 3.05) is 39.6 Å². The van der Waals surface area contributed by atoms with Crippen LogP contribution in [0.4, 0.5) is 5.82 Å². The van der Waals surface area contributed by atoms with E-state index in [-0.39, 0.29) is 11.9 Å². The molecule has 0 aliphatic carbocycles. The molecule has 7 nitrogen and oxygen atoms in total. The molecule has 1 unspecified atom stereocenters. The molecule has 0 bridgehead atoms. The van der Waals surface area contributed by atoms with Crippen LogP contribution in [0.2, 0.25) is 0 Å². The molecule has 1 amide bonds. The van der Waals surface area contributed by atoms with Crippen molar-refractivity contribution in [3.05, 3.63) is 46.9 Å². The number of aryl methyl sites for hydroxylation is 1. The van der Waals surface area contributed by atoms with E-state index in [2.05, 4.69) is 17.3 Å². The first kappa shape index (κ1) is 21.6. The number of amides is 1. The van der Waals surface area contributed by atoms with Crippen molar-refractivity contribution in [2.24, 2.45) is 0 Å². The number of nitrogens with zero attached hydrogens (tertiary/aromatic N) is 4. The number of carbonyl (C=O) groups is 1. The minimum absolute atomic E-state index is 0.183. The molecule has 1 fully saturated rings. The van der Waals surface area contributed by atoms with Gasteiger partial charge in [0.1, 0.15) is 17.4 Å². The van der Waals surface area contributed by atoms with Crippen molar-refractivity contribution in [3.63, 3.8) is 0 Å². The summed E-state index contributed by atoms with van der Waals surface area (Å²) in [6, 6.07) is 8.19. The zero-order valence-electron chi connectivity index (χ0n) is 18.9. The number of ether oxygens (including phenoxy) is 1. The molecule has 166 valence electrons. The molecule has 0 radical (unpaired) electrons. The van der Waals surface area contributed by atoms with Crippen LogP contribution >= 0.6 is 0 Å². The third-order valence-electron chi connectivity index (χ3n) is 6.53. The lowest BCUT2D eigenvalue weighted by Gasteiger charge is -2.33. The fourth-order valence-corrected chi connectivity index (χ4v) is 4.62. The quantitative estimate of drug-likeness (QED) is 0.769. The summed E-state index contributed by atoms with van der Waals surface area (Å²) in [4.78, 5) is 27.1. The van der Waals surface area contributed by atoms with Gasteiger partial charge in [-0.05, 0) is 57.0 Å². The topological polar surface area (TPSA) is 70.6 Å². The van der Waals surface area contributed by atoms with E-state index in [0.29, 0.717) is 13.0 Å². The molecule has 1 aromatic heterocycles. The van der Waals surface area contributed by atoms with Gasteiger partial charge in [0.15, 0.2) is 0 Å². The Hall–Kier alpha value is -2.67. The average molecular weight is 424 g/mol. The Morgan fingerprint density at radius 2 is 2.00 bits per heavy atom. The van der Waals surface area contributed by atoms with Crippen LogP contribution in [0, 0.1) is 0 Å². The Kier molecular flexibility index (Phi) is 6.70. The number of nitrogens with one attached hydrogen (secondary N) is 1. The number of rotatable bonds is 6. The normalized spacial score (nSPS) is 19.1. The first-order valence-electron chi connectivity index (χ1n) is 11.3. The largest absolute Gasteiger partial charge is 0.497 e. The SMILES string of the molecule is CNc1nc(C2CCCCN2C)nc2c1CCN(C(=O)CCc1ccc(OC)cc1)C2. The first-order valence-corrected chi connectivity index (χ1v) is 11.3. The molecule has 1 N–H and O–H groups in total. The maximum absolute atomic E-state index is 12.9. The van der Waals surface area contributed by atoms with Gasteiger partial charge in [0.25, 0.3) is 0 Å². The minimum atomic E-state index is 0.183. The lowest BCUT2D eigenvalue weighted by molar-refractivity contribution is -0.132. The van der Waals surface area contributed by atoms with Gasteiger partial charge in [-0.25, -0.2) is 9.97 Å². The van der Waals surface area contributed by atoms with Gasteiger partial charge in [-0.3, -0.25) is 9.69 Å². The Balaban J connectivity index is 1.46. The van der Waals surface area contributed by atoms with Gasteiger partial charge in [-0.2, -0.15) is 0 Å². The fourth-order valence-electron chi connectivity index (χ4n) is 4.62. The van der Waals surface area contributed by atoms with Gasteiger partial charge in [0.05, 0.1) is 25.4 Å². The molecule has 0 spiro atoms. The third-order valence-corrected chi connectivity index (χ3v) is 6.53. The fraction of sp³-hybridized carbons (Fsp3) is 0.542. The van der Waals surface area contributed by atoms with Gasteiger partial charge in [0.2, 0.25) is 5.91 Å². The summed E-state index contributed by atoms with van der Waals surface area (Å²) in [5, 5.41) is 3.27. The van der Waals surface area contributed by atoms with Gasteiger partial charge in [0, 0.05) is 25.6 Å². The smallest absolute Gasteiger partial charge is 0.223 e. The lowest BCUT2D eigenvalue weighted by Crippen LogP contribution is -2.38. The summed E-state index contributed by atoms with van der Waals surface area (Å²) >= 11 is 0. The zero-order chi connectivity index (χ0) is 21.8. The molecule has 0 saturated carbocycles. The number of anilines is 1. The van der Waals surface area contributed by atoms with Crippen molar-refractivity contribution < 1.29 is 9.53 Å². The van der Waals surface area contributed by atoms with E-state index in [0.717, 1.165) is 66.6 Å². The van der Waals surface area contributed by atoms with Crippen LogP contribution in [0.25, 0.3) is 0 Å². The van der Waals surface area contributed by atoms with E-state index < -0.39 is 0 Å². The minimum Gasteiger partial charge on any atom is -0.497 e. The predicted octanol–water partition coefficient (Wildman–Crippen LogP) is 3.20. The highest BCUT2D eigenvalue weighted by Crippen LogP contribution is 2.31. The molecule has 2 aliphatic heterocycles. The molecule has 2 aliphatic rings. The summed E-state index contributed by atoms with van der Waals surface area (Å²) in [6.45, 7) is 2.36. The number of piperidine rings is 1. The predicted molar refractivity (Wildman–Crippen MR) is 121 cm³/mol. The number of carbonyl (C=O) groups excluding carboxylic acids is 1. The van der Waals surface area contributed by atoms with E-state index >= 15 is 0 Å². The summed E-state index contributed by atoms with van der Waals surface area (Å²) in [6.07, 6.45) is 5.55. The standard InChI is InChI=1S/C24H33N5O2/c1-25-23-19-13-15-29(22(30)12-9-17-7-10-18(31-3)11-8-17)16-20(19)26-24(27-23)21-6-4-5-14-28(21)2/h7-8,10-11,21H,4-6,9,12-16H2,1-3H3,(H,25,26,27). The number of hydrogen-bond acceptors (Lipinski definition) is 6. The molecular formula is C24H33N5O2. The van der Waals surface area contributed by atoms with Crippen LogP contribution in [-0.4, -0.2) is 60.0 Å². The van der Waals surface area contributed by atoms with Crippen LogP contribution in [-0.2, 0) is 24.2 Å². The molecule has 1 atom stereocenters. The van der Waals surface area contributed by atoms with Gasteiger partial charge < -0.3 is 15.0 Å². The van der Waals surface area contributed by atoms with E-state index in [1.807, 2.05) is 36.2 Å². The molecule has 4 rings (SSSR count). The van der Waals surface area contributed by atoms with Crippen LogP contribution in [0.3, 0.4) is 0 Å². The highest BCUT2D eigenvalue weighted by Gasteiger charge is 2.29. The van der Waals surface area contributed by atoms with E-state index in [1.165, 1.54) is 12.8 Å². The maximum Gasteiger partial charge on any atom is 0.223 e. The monoisotopic (exact) mass is 423 g/mol. The van der Waals surface area contributed by atoms with Gasteiger partial charge in [-0.1, -0.05) is 18.6 Å². The Bertz CT molecular complexity index is 915. The lowest BCUT2D eigenvalue weighted by atomic mass is 10.0. The van der Waals surface area contributed by atoms with Crippen molar-refractivity contribution >= 4 is 11.7 Å². The number of hydrogen-bond donors (Lipinski definition) is 1. The average Bonchev–Trinajstić information content (AvgIpc) is 2.82. The van der Waals surface area contributed by atoms with E-state index in [1.54, 1.807) is 7.11 Å². The molecule has 2 aromatic rings. The first-order chi connectivity index (χ1) is 15.1. The zero-order valence-corrected chi connectivity index (χ0v) is 18.9. The summed E-state index contributed by atoms with van der Waals surface area (Å²) in [7, 11) is 5.73. The molecule has 1 aromatic carbocycles. The van der Waals surface area contributed by atoms with Gasteiger partial charge in [-0.15, -0.1) is 0 Å². The third kappa shape index (κ3) is 4.82. The second-order valence-electron chi connectivity index (χ2n) is 8.51. The maximum atomic E-state index is 12.9. The highest BCUT2D eigenvalue weighted by molar-refractivity contribution is 5.77. The van der Waals surface area contributed by atoms with Crippen LogP contribution < -0.4 is 10.1 Å². The molecule has 7 heteroatoms. The van der Waals surface area contributed by atoms with Gasteiger partial charge >= 0.3 is 0 Å². The van der Waals surface area contributed by atoms with Crippen molar-refractivity contribution in [2.45, 2.75) is 51.1 Å². The number of likely N-dealkylation sites (tertiary alicyclic amines) is 1. The van der Waals surface area contributed by atoms with E-state index in [9.17, 15) is 4.79 Å². The number of methoxy groups -OCH3 is 1. The molecular weight excluding hydrogens is 390 g/mol. The number of benzene rings is 1. The second kappa shape index (κ2) is 9.64. The van der Waals surface area contributed by atoms with Crippen molar-refractivity contribution in [1.29, 1.82) is 0 Å². The summed E-state index contributed by atoms with van der Waals surface area (Å²) in [5.74, 6) is 2.83. The Morgan fingerprint density at radius 3 is 2.71 bits per heavy atom. The molecule has 31 heavy (non-hydrogen) atoms. The van der Waals surface area contributed by atoms with Crippen molar-refractivity contribution in [3.8, 4) is 5.75 Å². The van der Waals surface area contributed by atoms with Crippen LogP contribution in [0.1, 0.15) is 54.4 Å².